The Hall–Kier alpha value is -0.540. The predicted octanol–water partition coefficient (Wildman–Crippen LogP) is 2.73. The Bertz CT molecular complexity index is 389. The normalized spacial score (nSPS) is 15.5. The van der Waals surface area contributed by atoms with Crippen LogP contribution in [-0.2, 0) is 11.4 Å². The Balaban J connectivity index is 2.66. The van der Waals surface area contributed by atoms with Crippen LogP contribution in [0, 0.1) is 11.3 Å². The molecule has 0 amide bonds. The van der Waals surface area contributed by atoms with Crippen molar-refractivity contribution < 1.29 is 4.55 Å². The topological polar surface area (TPSA) is 58.9 Å². The minimum absolute atomic E-state index is 0.00663. The summed E-state index contributed by atoms with van der Waals surface area (Å²) in [5.41, 5.74) is 0. The van der Waals surface area contributed by atoms with Crippen LogP contribution < -0.4 is 4.72 Å². The van der Waals surface area contributed by atoms with Crippen molar-refractivity contribution in [3.8, 4) is 6.07 Å². The highest BCUT2D eigenvalue weighted by molar-refractivity contribution is 7.90. The van der Waals surface area contributed by atoms with Crippen molar-refractivity contribution >= 4 is 22.7 Å². The van der Waals surface area contributed by atoms with E-state index in [0.29, 0.717) is 4.88 Å². The zero-order valence-electron chi connectivity index (χ0n) is 9.90. The van der Waals surface area contributed by atoms with Crippen LogP contribution >= 0.6 is 11.3 Å². The first kappa shape index (κ1) is 13.5. The SMILES string of the molecule is CC(N[S+]([O-])C(C)(C)C)c1ccc(C#N)s1. The van der Waals surface area contributed by atoms with Crippen LogP contribution in [0.15, 0.2) is 12.1 Å². The molecule has 0 aliphatic carbocycles. The molecule has 0 radical (unpaired) electrons. The Kier molecular flexibility index (Phi) is 4.39. The molecule has 5 heteroatoms. The molecule has 1 rings (SSSR count). The highest BCUT2D eigenvalue weighted by Crippen LogP contribution is 2.25. The second-order valence-electron chi connectivity index (χ2n) is 4.53. The molecule has 88 valence electrons. The molecule has 1 N–H and O–H groups in total. The molecule has 2 unspecified atom stereocenters. The molecule has 0 saturated carbocycles. The second-order valence-corrected chi connectivity index (χ2v) is 7.65. The molecule has 0 spiro atoms. The minimum atomic E-state index is -1.09. The summed E-state index contributed by atoms with van der Waals surface area (Å²) >= 11 is 0.349. The molecule has 0 saturated heterocycles. The van der Waals surface area contributed by atoms with Crippen molar-refractivity contribution in [2.45, 2.75) is 38.5 Å². The fourth-order valence-electron chi connectivity index (χ4n) is 1.04. The maximum atomic E-state index is 11.9. The average Bonchev–Trinajstić information content (AvgIpc) is 2.64. The van der Waals surface area contributed by atoms with E-state index in [9.17, 15) is 4.55 Å². The van der Waals surface area contributed by atoms with Gasteiger partial charge in [-0.1, -0.05) is 0 Å². The van der Waals surface area contributed by atoms with E-state index in [2.05, 4.69) is 10.8 Å². The molecule has 0 bridgehead atoms. The number of rotatable bonds is 3. The summed E-state index contributed by atoms with van der Waals surface area (Å²) < 4.78 is 14.6. The molecule has 0 fully saturated rings. The molecule has 0 aromatic carbocycles. The van der Waals surface area contributed by atoms with Gasteiger partial charge in [-0.25, -0.2) is 0 Å². The third kappa shape index (κ3) is 3.49. The van der Waals surface area contributed by atoms with Gasteiger partial charge in [-0.15, -0.1) is 16.1 Å². The van der Waals surface area contributed by atoms with Gasteiger partial charge in [0, 0.05) is 16.2 Å². The van der Waals surface area contributed by atoms with Crippen LogP contribution in [0.4, 0.5) is 0 Å². The summed E-state index contributed by atoms with van der Waals surface area (Å²) in [5, 5.41) is 8.72. The first-order valence-corrected chi connectivity index (χ1v) is 6.99. The molecular formula is C11H16N2OS2. The van der Waals surface area contributed by atoms with E-state index in [4.69, 9.17) is 5.26 Å². The van der Waals surface area contributed by atoms with Gasteiger partial charge in [-0.2, -0.15) is 5.26 Å². The average molecular weight is 256 g/mol. The lowest BCUT2D eigenvalue weighted by molar-refractivity contribution is 0.532. The van der Waals surface area contributed by atoms with Gasteiger partial charge in [0.2, 0.25) is 0 Å². The zero-order chi connectivity index (χ0) is 12.3. The number of nitrogens with zero attached hydrogens (tertiary/aromatic N) is 1. The Labute approximate surface area is 104 Å². The largest absolute Gasteiger partial charge is 0.598 e. The van der Waals surface area contributed by atoms with Gasteiger partial charge in [-0.05, 0) is 39.8 Å². The van der Waals surface area contributed by atoms with Crippen molar-refractivity contribution in [2.24, 2.45) is 0 Å². The first-order chi connectivity index (χ1) is 7.34. The van der Waals surface area contributed by atoms with E-state index in [-0.39, 0.29) is 10.8 Å². The molecule has 2 atom stereocenters. The van der Waals surface area contributed by atoms with Gasteiger partial charge in [0.05, 0.1) is 6.04 Å². The molecule has 16 heavy (non-hydrogen) atoms. The third-order valence-electron chi connectivity index (χ3n) is 2.00. The lowest BCUT2D eigenvalue weighted by atomic mass is 10.3. The Morgan fingerprint density at radius 2 is 2.12 bits per heavy atom. The number of nitriles is 1. The highest BCUT2D eigenvalue weighted by Gasteiger charge is 2.28. The lowest BCUT2D eigenvalue weighted by Crippen LogP contribution is -2.40. The quantitative estimate of drug-likeness (QED) is 0.846. The van der Waals surface area contributed by atoms with Crippen LogP contribution in [0.3, 0.4) is 0 Å². The minimum Gasteiger partial charge on any atom is -0.598 e. The fourth-order valence-corrected chi connectivity index (χ4v) is 2.72. The molecule has 0 aliphatic rings. The van der Waals surface area contributed by atoms with Crippen molar-refractivity contribution in [3.63, 3.8) is 0 Å². The fraction of sp³-hybridized carbons (Fsp3) is 0.545. The third-order valence-corrected chi connectivity index (χ3v) is 4.86. The monoisotopic (exact) mass is 256 g/mol. The summed E-state index contributed by atoms with van der Waals surface area (Å²) in [4.78, 5) is 1.72. The summed E-state index contributed by atoms with van der Waals surface area (Å²) in [6.07, 6.45) is 0. The van der Waals surface area contributed by atoms with Gasteiger partial charge in [0.15, 0.2) is 0 Å². The van der Waals surface area contributed by atoms with Gasteiger partial charge < -0.3 is 4.55 Å². The summed E-state index contributed by atoms with van der Waals surface area (Å²) in [5.74, 6) is 0. The lowest BCUT2D eigenvalue weighted by Gasteiger charge is -2.26. The number of hydrogen-bond acceptors (Lipinski definition) is 4. The van der Waals surface area contributed by atoms with E-state index in [1.165, 1.54) is 11.3 Å². The summed E-state index contributed by atoms with van der Waals surface area (Å²) in [7, 11) is 0. The summed E-state index contributed by atoms with van der Waals surface area (Å²) in [6, 6.07) is 5.80. The van der Waals surface area contributed by atoms with Crippen LogP contribution in [0.25, 0.3) is 0 Å². The van der Waals surface area contributed by atoms with Crippen molar-refractivity contribution in [1.29, 1.82) is 5.26 Å². The number of hydrogen-bond donors (Lipinski definition) is 1. The van der Waals surface area contributed by atoms with Crippen LogP contribution in [-0.4, -0.2) is 9.30 Å². The van der Waals surface area contributed by atoms with Crippen LogP contribution in [0.2, 0.25) is 0 Å². The van der Waals surface area contributed by atoms with E-state index >= 15 is 0 Å². The van der Waals surface area contributed by atoms with Crippen molar-refractivity contribution in [3.05, 3.63) is 21.9 Å². The van der Waals surface area contributed by atoms with Gasteiger partial charge in [-0.3, -0.25) is 0 Å². The predicted molar refractivity (Wildman–Crippen MR) is 68.5 cm³/mol. The first-order valence-electron chi connectivity index (χ1n) is 5.02. The van der Waals surface area contributed by atoms with E-state index in [0.717, 1.165) is 4.88 Å². The zero-order valence-corrected chi connectivity index (χ0v) is 11.5. The van der Waals surface area contributed by atoms with Crippen LogP contribution in [0.1, 0.15) is 43.5 Å². The maximum Gasteiger partial charge on any atom is 0.136 e. The maximum absolute atomic E-state index is 11.9. The van der Waals surface area contributed by atoms with Crippen molar-refractivity contribution in [2.75, 3.05) is 0 Å². The summed E-state index contributed by atoms with van der Waals surface area (Å²) in [6.45, 7) is 7.74. The smallest absolute Gasteiger partial charge is 0.136 e. The number of thiophene rings is 1. The highest BCUT2D eigenvalue weighted by atomic mass is 32.2. The van der Waals surface area contributed by atoms with E-state index in [1.807, 2.05) is 33.8 Å². The molecule has 0 aliphatic heterocycles. The molecule has 1 heterocycles. The standard InChI is InChI=1S/C11H16N2OS2/c1-8(13-16(14)11(2,3)4)10-6-5-9(7-12)15-10/h5-6,8,13H,1-4H3. The Morgan fingerprint density at radius 1 is 1.50 bits per heavy atom. The van der Waals surface area contributed by atoms with Gasteiger partial charge >= 0.3 is 0 Å². The van der Waals surface area contributed by atoms with E-state index < -0.39 is 11.4 Å². The van der Waals surface area contributed by atoms with Gasteiger partial charge in [0.1, 0.15) is 15.7 Å². The molecular weight excluding hydrogens is 240 g/mol. The number of nitrogens with one attached hydrogen (secondary N) is 1. The second kappa shape index (κ2) is 5.19. The molecule has 1 aromatic rings. The van der Waals surface area contributed by atoms with Crippen molar-refractivity contribution in [1.82, 2.24) is 4.72 Å². The van der Waals surface area contributed by atoms with E-state index in [1.54, 1.807) is 6.07 Å². The van der Waals surface area contributed by atoms with Gasteiger partial charge in [0.25, 0.3) is 0 Å². The Morgan fingerprint density at radius 3 is 2.56 bits per heavy atom. The van der Waals surface area contributed by atoms with Crippen LogP contribution in [0.5, 0.6) is 0 Å². The molecule has 1 aromatic heterocycles. The molecule has 3 nitrogen and oxygen atoms in total.